The SMILES string of the molecule is CCOC(=O)c1nc(-c2ccc(C#N)c(F)c2)n(-c2ccc3nn(C)cc3c2)c1C. The molecule has 2 aromatic carbocycles. The fraction of sp³-hybridized carbons (Fsp3) is 0.182. The minimum Gasteiger partial charge on any atom is -0.461 e. The minimum atomic E-state index is -0.650. The van der Waals surface area contributed by atoms with Crippen LogP contribution < -0.4 is 0 Å². The summed E-state index contributed by atoms with van der Waals surface area (Å²) >= 11 is 0. The molecule has 0 bridgehead atoms. The van der Waals surface area contributed by atoms with Gasteiger partial charge in [0.25, 0.3) is 0 Å². The third-order valence-electron chi connectivity index (χ3n) is 4.78. The predicted octanol–water partition coefficient (Wildman–Crippen LogP) is 3.92. The van der Waals surface area contributed by atoms with E-state index in [1.54, 1.807) is 29.2 Å². The number of aromatic nitrogens is 4. The van der Waals surface area contributed by atoms with Crippen molar-refractivity contribution in [2.75, 3.05) is 6.61 Å². The molecule has 0 atom stereocenters. The van der Waals surface area contributed by atoms with Crippen LogP contribution in [0.2, 0.25) is 0 Å². The smallest absolute Gasteiger partial charge is 0.358 e. The minimum absolute atomic E-state index is 0.0593. The zero-order valence-electron chi connectivity index (χ0n) is 16.7. The average Bonchev–Trinajstić information content (AvgIpc) is 3.26. The van der Waals surface area contributed by atoms with Crippen LogP contribution in [-0.4, -0.2) is 31.9 Å². The van der Waals surface area contributed by atoms with Gasteiger partial charge in [0, 0.05) is 29.9 Å². The van der Waals surface area contributed by atoms with Gasteiger partial charge in [0.15, 0.2) is 5.69 Å². The van der Waals surface area contributed by atoms with E-state index in [0.29, 0.717) is 17.1 Å². The van der Waals surface area contributed by atoms with Gasteiger partial charge in [-0.05, 0) is 50.2 Å². The molecule has 0 saturated heterocycles. The number of nitriles is 1. The summed E-state index contributed by atoms with van der Waals surface area (Å²) in [6, 6.07) is 11.7. The molecule has 0 aliphatic rings. The van der Waals surface area contributed by atoms with E-state index >= 15 is 0 Å². The highest BCUT2D eigenvalue weighted by molar-refractivity contribution is 5.90. The van der Waals surface area contributed by atoms with Crippen LogP contribution >= 0.6 is 0 Å². The van der Waals surface area contributed by atoms with E-state index in [1.807, 2.05) is 37.5 Å². The number of hydrogen-bond donors (Lipinski definition) is 0. The maximum atomic E-state index is 14.3. The zero-order chi connectivity index (χ0) is 21.4. The zero-order valence-corrected chi connectivity index (χ0v) is 16.7. The van der Waals surface area contributed by atoms with Crippen molar-refractivity contribution in [1.29, 1.82) is 5.26 Å². The molecule has 0 aliphatic carbocycles. The Bertz CT molecular complexity index is 1330. The molecule has 0 radical (unpaired) electrons. The van der Waals surface area contributed by atoms with Crippen LogP contribution in [0.15, 0.2) is 42.6 Å². The van der Waals surface area contributed by atoms with Gasteiger partial charge in [0.1, 0.15) is 17.7 Å². The van der Waals surface area contributed by atoms with Gasteiger partial charge >= 0.3 is 5.97 Å². The summed E-state index contributed by atoms with van der Waals surface area (Å²) in [5, 5.41) is 14.3. The summed E-state index contributed by atoms with van der Waals surface area (Å²) in [5.41, 5.74) is 2.68. The highest BCUT2D eigenvalue weighted by Gasteiger charge is 2.23. The summed E-state index contributed by atoms with van der Waals surface area (Å²) in [5.74, 6) is -0.823. The number of fused-ring (bicyclic) bond motifs is 1. The Labute approximate surface area is 171 Å². The van der Waals surface area contributed by atoms with Gasteiger partial charge in [0.05, 0.1) is 23.4 Å². The molecule has 4 aromatic rings. The first kappa shape index (κ1) is 19.3. The summed E-state index contributed by atoms with van der Waals surface area (Å²) < 4.78 is 22.9. The van der Waals surface area contributed by atoms with E-state index in [9.17, 15) is 9.18 Å². The van der Waals surface area contributed by atoms with Crippen LogP contribution in [-0.2, 0) is 11.8 Å². The number of nitrogens with zero attached hydrogens (tertiary/aromatic N) is 5. The van der Waals surface area contributed by atoms with Gasteiger partial charge in [0.2, 0.25) is 0 Å². The Kier molecular flexibility index (Phi) is 4.80. The number of hydrogen-bond acceptors (Lipinski definition) is 5. The lowest BCUT2D eigenvalue weighted by Crippen LogP contribution is -2.07. The maximum absolute atomic E-state index is 14.3. The molecular weight excluding hydrogens is 385 g/mol. The number of carbonyl (C=O) groups is 1. The average molecular weight is 403 g/mol. The second kappa shape index (κ2) is 7.44. The molecule has 0 N–H and O–H groups in total. The fourth-order valence-corrected chi connectivity index (χ4v) is 3.42. The van der Waals surface area contributed by atoms with Crippen molar-refractivity contribution >= 4 is 16.9 Å². The van der Waals surface area contributed by atoms with Crippen LogP contribution in [0.25, 0.3) is 28.0 Å². The molecule has 8 heteroatoms. The van der Waals surface area contributed by atoms with Crippen molar-refractivity contribution in [3.63, 3.8) is 0 Å². The molecule has 2 heterocycles. The van der Waals surface area contributed by atoms with Crippen molar-refractivity contribution in [2.45, 2.75) is 13.8 Å². The van der Waals surface area contributed by atoms with Crippen molar-refractivity contribution in [1.82, 2.24) is 19.3 Å². The third kappa shape index (κ3) is 3.20. The van der Waals surface area contributed by atoms with Gasteiger partial charge in [-0.25, -0.2) is 14.2 Å². The monoisotopic (exact) mass is 403 g/mol. The Balaban J connectivity index is 1.96. The van der Waals surface area contributed by atoms with Crippen LogP contribution in [0.5, 0.6) is 0 Å². The number of rotatable bonds is 4. The first-order chi connectivity index (χ1) is 14.4. The summed E-state index contributed by atoms with van der Waals surface area (Å²) in [6.07, 6.45) is 1.89. The molecule has 4 rings (SSSR count). The van der Waals surface area contributed by atoms with Crippen molar-refractivity contribution in [3.8, 4) is 23.1 Å². The number of aryl methyl sites for hydroxylation is 1. The number of esters is 1. The quantitative estimate of drug-likeness (QED) is 0.482. The number of ether oxygens (including phenoxy) is 1. The molecule has 0 aliphatic heterocycles. The van der Waals surface area contributed by atoms with Crippen LogP contribution in [0.4, 0.5) is 4.39 Å². The van der Waals surface area contributed by atoms with Crippen LogP contribution in [0, 0.1) is 24.1 Å². The first-order valence-corrected chi connectivity index (χ1v) is 9.33. The molecule has 30 heavy (non-hydrogen) atoms. The van der Waals surface area contributed by atoms with Gasteiger partial charge in [-0.3, -0.25) is 9.25 Å². The molecule has 150 valence electrons. The molecule has 0 saturated carbocycles. The Morgan fingerprint density at radius 3 is 2.77 bits per heavy atom. The molecule has 0 unspecified atom stereocenters. The van der Waals surface area contributed by atoms with E-state index in [0.717, 1.165) is 16.6 Å². The fourth-order valence-electron chi connectivity index (χ4n) is 3.42. The third-order valence-corrected chi connectivity index (χ3v) is 4.78. The number of imidazole rings is 1. The van der Waals surface area contributed by atoms with Gasteiger partial charge in [-0.1, -0.05) is 0 Å². The Hall–Kier alpha value is -3.99. The second-order valence-electron chi connectivity index (χ2n) is 6.78. The predicted molar refractivity (Wildman–Crippen MR) is 109 cm³/mol. The summed E-state index contributed by atoms with van der Waals surface area (Å²) in [7, 11) is 1.84. The summed E-state index contributed by atoms with van der Waals surface area (Å²) in [6.45, 7) is 3.70. The summed E-state index contributed by atoms with van der Waals surface area (Å²) in [4.78, 5) is 16.9. The molecule has 2 aromatic heterocycles. The molecule has 0 amide bonds. The van der Waals surface area contributed by atoms with E-state index in [-0.39, 0.29) is 17.9 Å². The number of halogens is 1. The van der Waals surface area contributed by atoms with E-state index in [2.05, 4.69) is 10.1 Å². The topological polar surface area (TPSA) is 85.7 Å². The van der Waals surface area contributed by atoms with Crippen LogP contribution in [0.1, 0.15) is 28.7 Å². The van der Waals surface area contributed by atoms with Crippen molar-refractivity contribution < 1.29 is 13.9 Å². The van der Waals surface area contributed by atoms with E-state index < -0.39 is 11.8 Å². The van der Waals surface area contributed by atoms with Gasteiger partial charge in [-0.2, -0.15) is 10.4 Å². The van der Waals surface area contributed by atoms with Crippen molar-refractivity contribution in [3.05, 3.63) is 65.4 Å². The van der Waals surface area contributed by atoms with Gasteiger partial charge in [-0.15, -0.1) is 0 Å². The molecule has 0 spiro atoms. The van der Waals surface area contributed by atoms with Crippen molar-refractivity contribution in [2.24, 2.45) is 7.05 Å². The number of carbonyl (C=O) groups excluding carboxylic acids is 1. The normalized spacial score (nSPS) is 10.9. The van der Waals surface area contributed by atoms with Crippen LogP contribution in [0.3, 0.4) is 0 Å². The Morgan fingerprint density at radius 1 is 1.27 bits per heavy atom. The largest absolute Gasteiger partial charge is 0.461 e. The molecule has 7 nitrogen and oxygen atoms in total. The lowest BCUT2D eigenvalue weighted by molar-refractivity contribution is 0.0519. The molecule has 0 fully saturated rings. The van der Waals surface area contributed by atoms with Gasteiger partial charge < -0.3 is 4.74 Å². The van der Waals surface area contributed by atoms with E-state index in [4.69, 9.17) is 10.00 Å². The highest BCUT2D eigenvalue weighted by atomic mass is 19.1. The highest BCUT2D eigenvalue weighted by Crippen LogP contribution is 2.29. The van der Waals surface area contributed by atoms with E-state index in [1.165, 1.54) is 12.1 Å². The first-order valence-electron chi connectivity index (χ1n) is 9.33. The Morgan fingerprint density at radius 2 is 2.07 bits per heavy atom. The molecular formula is C22H18FN5O2. The number of benzene rings is 2. The standard InChI is InChI=1S/C22H18FN5O2/c1-4-30-22(29)20-13(2)28(17-7-8-19-16(9-17)12-27(3)26-19)21(25-20)14-5-6-15(11-24)18(23)10-14/h5-10,12H,4H2,1-3H3. The second-order valence-corrected chi connectivity index (χ2v) is 6.78. The lowest BCUT2D eigenvalue weighted by atomic mass is 10.1. The maximum Gasteiger partial charge on any atom is 0.358 e. The lowest BCUT2D eigenvalue weighted by Gasteiger charge is -2.11.